The third-order valence-corrected chi connectivity index (χ3v) is 3.35. The lowest BCUT2D eigenvalue weighted by Crippen LogP contribution is -2.32. The molecule has 1 saturated carbocycles. The Hall–Kier alpha value is -1.77. The van der Waals surface area contributed by atoms with Crippen LogP contribution in [0, 0.1) is 0 Å². The van der Waals surface area contributed by atoms with E-state index in [4.69, 9.17) is 0 Å². The van der Waals surface area contributed by atoms with Crippen LogP contribution in [0.1, 0.15) is 25.8 Å². The minimum absolute atomic E-state index is 0.119. The number of para-hydroxylation sites is 1. The minimum Gasteiger partial charge on any atom is -0.352 e. The Bertz CT molecular complexity index is 554. The van der Waals surface area contributed by atoms with E-state index in [1.165, 1.54) is 5.39 Å². The molecule has 3 rings (SSSR count). The molecule has 1 aromatic heterocycles. The maximum atomic E-state index is 12.0. The standard InChI is InChI=1S/C14H16N2O/c1-10(14(17)15-12-6-7-12)16-9-8-11-4-2-3-5-13(11)16/h2-5,8-10,12H,6-7H2,1H3,(H,15,17). The number of fused-ring (bicyclic) bond motifs is 1. The smallest absolute Gasteiger partial charge is 0.242 e. The molecular formula is C14H16N2O. The molecule has 0 bridgehead atoms. The van der Waals surface area contributed by atoms with E-state index in [9.17, 15) is 4.79 Å². The zero-order valence-electron chi connectivity index (χ0n) is 9.89. The number of carbonyl (C=O) groups excluding carboxylic acids is 1. The van der Waals surface area contributed by atoms with Crippen molar-refractivity contribution >= 4 is 16.8 Å². The first-order valence-electron chi connectivity index (χ1n) is 6.11. The number of nitrogens with one attached hydrogen (secondary N) is 1. The lowest BCUT2D eigenvalue weighted by Gasteiger charge is -2.15. The topological polar surface area (TPSA) is 34.0 Å². The van der Waals surface area contributed by atoms with E-state index in [0.717, 1.165) is 18.4 Å². The number of rotatable bonds is 3. The van der Waals surface area contributed by atoms with Crippen LogP contribution in [-0.4, -0.2) is 16.5 Å². The highest BCUT2D eigenvalue weighted by Gasteiger charge is 2.26. The van der Waals surface area contributed by atoms with Crippen LogP contribution < -0.4 is 5.32 Å². The summed E-state index contributed by atoms with van der Waals surface area (Å²) in [4.78, 5) is 12.0. The largest absolute Gasteiger partial charge is 0.352 e. The molecule has 88 valence electrons. The molecule has 0 spiro atoms. The highest BCUT2D eigenvalue weighted by atomic mass is 16.2. The molecule has 1 amide bonds. The number of carbonyl (C=O) groups is 1. The van der Waals surface area contributed by atoms with E-state index in [1.807, 2.05) is 29.8 Å². The Labute approximate surface area is 100 Å². The van der Waals surface area contributed by atoms with Crippen molar-refractivity contribution in [3.05, 3.63) is 36.5 Å². The van der Waals surface area contributed by atoms with E-state index >= 15 is 0 Å². The molecule has 2 aromatic rings. The van der Waals surface area contributed by atoms with Gasteiger partial charge in [0.25, 0.3) is 0 Å². The van der Waals surface area contributed by atoms with Gasteiger partial charge in [0.05, 0.1) is 0 Å². The molecule has 1 fully saturated rings. The molecule has 1 aliphatic carbocycles. The van der Waals surface area contributed by atoms with Gasteiger partial charge in [0.1, 0.15) is 6.04 Å². The predicted molar refractivity (Wildman–Crippen MR) is 67.8 cm³/mol. The first-order valence-corrected chi connectivity index (χ1v) is 6.11. The summed E-state index contributed by atoms with van der Waals surface area (Å²) in [6.07, 6.45) is 4.25. The van der Waals surface area contributed by atoms with Crippen LogP contribution >= 0.6 is 0 Å². The number of benzene rings is 1. The molecule has 3 nitrogen and oxygen atoms in total. The number of nitrogens with zero attached hydrogens (tertiary/aromatic N) is 1. The molecule has 1 N–H and O–H groups in total. The summed E-state index contributed by atoms with van der Waals surface area (Å²) in [6.45, 7) is 1.95. The predicted octanol–water partition coefficient (Wildman–Crippen LogP) is 2.48. The van der Waals surface area contributed by atoms with Gasteiger partial charge in [0, 0.05) is 17.8 Å². The first-order chi connectivity index (χ1) is 8.25. The molecule has 1 unspecified atom stereocenters. The molecule has 0 saturated heterocycles. The molecular weight excluding hydrogens is 212 g/mol. The van der Waals surface area contributed by atoms with Crippen molar-refractivity contribution in [1.29, 1.82) is 0 Å². The number of aromatic nitrogens is 1. The maximum absolute atomic E-state index is 12.0. The normalized spacial score (nSPS) is 17.0. The van der Waals surface area contributed by atoms with E-state index in [0.29, 0.717) is 6.04 Å². The van der Waals surface area contributed by atoms with Crippen molar-refractivity contribution in [3.8, 4) is 0 Å². The fourth-order valence-corrected chi connectivity index (χ4v) is 2.12. The molecule has 17 heavy (non-hydrogen) atoms. The Kier molecular flexibility index (Phi) is 2.39. The van der Waals surface area contributed by atoms with Gasteiger partial charge in [-0.3, -0.25) is 4.79 Å². The Morgan fingerprint density at radius 1 is 1.35 bits per heavy atom. The number of hydrogen-bond acceptors (Lipinski definition) is 1. The second-order valence-corrected chi connectivity index (χ2v) is 4.74. The second-order valence-electron chi connectivity index (χ2n) is 4.74. The van der Waals surface area contributed by atoms with Crippen molar-refractivity contribution in [2.75, 3.05) is 0 Å². The van der Waals surface area contributed by atoms with Crippen molar-refractivity contribution in [1.82, 2.24) is 9.88 Å². The van der Waals surface area contributed by atoms with Crippen LogP contribution in [0.4, 0.5) is 0 Å². The lowest BCUT2D eigenvalue weighted by molar-refractivity contribution is -0.123. The Morgan fingerprint density at radius 2 is 2.12 bits per heavy atom. The summed E-state index contributed by atoms with van der Waals surface area (Å²) < 4.78 is 2.03. The molecule has 3 heteroatoms. The molecule has 0 radical (unpaired) electrons. The summed E-state index contributed by atoms with van der Waals surface area (Å²) in [5.41, 5.74) is 1.12. The van der Waals surface area contributed by atoms with Crippen molar-refractivity contribution in [2.24, 2.45) is 0 Å². The van der Waals surface area contributed by atoms with Gasteiger partial charge in [-0.2, -0.15) is 0 Å². The average molecular weight is 228 g/mol. The van der Waals surface area contributed by atoms with Crippen molar-refractivity contribution < 1.29 is 4.79 Å². The van der Waals surface area contributed by atoms with Crippen LogP contribution in [0.3, 0.4) is 0 Å². The van der Waals surface area contributed by atoms with Gasteiger partial charge in [0.15, 0.2) is 0 Å². The fraction of sp³-hybridized carbons (Fsp3) is 0.357. The van der Waals surface area contributed by atoms with E-state index < -0.39 is 0 Å². The highest BCUT2D eigenvalue weighted by molar-refractivity contribution is 5.85. The summed E-state index contributed by atoms with van der Waals surface area (Å²) >= 11 is 0. The summed E-state index contributed by atoms with van der Waals surface area (Å²) in [5.74, 6) is 0.119. The second kappa shape index (κ2) is 3.91. The monoisotopic (exact) mass is 228 g/mol. The SMILES string of the molecule is CC(C(=O)NC1CC1)n1ccc2ccccc21. The number of amides is 1. The van der Waals surface area contributed by atoms with Crippen LogP contribution in [0.5, 0.6) is 0 Å². The quantitative estimate of drug-likeness (QED) is 0.860. The summed E-state index contributed by atoms with van der Waals surface area (Å²) in [6, 6.07) is 10.5. The van der Waals surface area contributed by atoms with Gasteiger partial charge in [-0.15, -0.1) is 0 Å². The van der Waals surface area contributed by atoms with Crippen LogP contribution in [-0.2, 0) is 4.79 Å². The van der Waals surface area contributed by atoms with Crippen LogP contribution in [0.25, 0.3) is 10.9 Å². The summed E-state index contributed by atoms with van der Waals surface area (Å²) in [7, 11) is 0. The molecule has 1 heterocycles. The van der Waals surface area contributed by atoms with Crippen LogP contribution in [0.2, 0.25) is 0 Å². The van der Waals surface area contributed by atoms with Crippen LogP contribution in [0.15, 0.2) is 36.5 Å². The molecule has 1 aliphatic rings. The Morgan fingerprint density at radius 3 is 2.88 bits per heavy atom. The van der Waals surface area contributed by atoms with E-state index in [1.54, 1.807) is 0 Å². The van der Waals surface area contributed by atoms with Gasteiger partial charge >= 0.3 is 0 Å². The zero-order chi connectivity index (χ0) is 11.8. The third-order valence-electron chi connectivity index (χ3n) is 3.35. The Balaban J connectivity index is 1.89. The molecule has 1 atom stereocenters. The lowest BCUT2D eigenvalue weighted by atomic mass is 10.2. The molecule has 1 aromatic carbocycles. The minimum atomic E-state index is -0.143. The fourth-order valence-electron chi connectivity index (χ4n) is 2.12. The van der Waals surface area contributed by atoms with Crippen molar-refractivity contribution in [2.45, 2.75) is 31.8 Å². The zero-order valence-corrected chi connectivity index (χ0v) is 9.89. The first kappa shape index (κ1) is 10.4. The van der Waals surface area contributed by atoms with Gasteiger partial charge in [-0.1, -0.05) is 18.2 Å². The maximum Gasteiger partial charge on any atom is 0.242 e. The van der Waals surface area contributed by atoms with Gasteiger partial charge in [-0.05, 0) is 37.3 Å². The van der Waals surface area contributed by atoms with Gasteiger partial charge < -0.3 is 9.88 Å². The third kappa shape index (κ3) is 1.93. The highest BCUT2D eigenvalue weighted by Crippen LogP contribution is 2.22. The van der Waals surface area contributed by atoms with Gasteiger partial charge in [-0.25, -0.2) is 0 Å². The van der Waals surface area contributed by atoms with E-state index in [2.05, 4.69) is 23.5 Å². The molecule has 0 aliphatic heterocycles. The van der Waals surface area contributed by atoms with Gasteiger partial charge in [0.2, 0.25) is 5.91 Å². The number of hydrogen-bond donors (Lipinski definition) is 1. The van der Waals surface area contributed by atoms with E-state index in [-0.39, 0.29) is 11.9 Å². The summed E-state index contributed by atoms with van der Waals surface area (Å²) in [5, 5.41) is 4.23. The average Bonchev–Trinajstić information content (AvgIpc) is 3.05. The van der Waals surface area contributed by atoms with Crippen molar-refractivity contribution in [3.63, 3.8) is 0 Å².